The molecule has 1 heterocycles. The van der Waals surface area contributed by atoms with Crippen molar-refractivity contribution in [1.29, 1.82) is 0 Å². The standard InChI is InChI=1S/C17H19ClN2O3S/c1-20(10-14-7-8-15(18)24-14)11-16(21)19-9-12-3-5-13(6-4-12)17(22)23-2/h3-8H,9-11H2,1-2H3,(H,19,21)/p+1. The van der Waals surface area contributed by atoms with Gasteiger partial charge in [0, 0.05) is 6.54 Å². The second-order valence-corrected chi connectivity index (χ2v) is 7.28. The minimum atomic E-state index is -0.371. The monoisotopic (exact) mass is 367 g/mol. The maximum Gasteiger partial charge on any atom is 0.337 e. The van der Waals surface area contributed by atoms with Crippen LogP contribution in [0.3, 0.4) is 0 Å². The van der Waals surface area contributed by atoms with E-state index < -0.39 is 0 Å². The van der Waals surface area contributed by atoms with Crippen LogP contribution in [0.2, 0.25) is 4.34 Å². The summed E-state index contributed by atoms with van der Waals surface area (Å²) in [5.41, 5.74) is 1.42. The molecule has 128 valence electrons. The number of hydrogen-bond acceptors (Lipinski definition) is 4. The molecular formula is C17H20ClN2O3S+. The van der Waals surface area contributed by atoms with Gasteiger partial charge in [0.15, 0.2) is 6.54 Å². The Kier molecular flexibility index (Phi) is 6.78. The second kappa shape index (κ2) is 8.82. The third-order valence-corrected chi connectivity index (χ3v) is 4.66. The lowest BCUT2D eigenvalue weighted by Crippen LogP contribution is -3.08. The lowest BCUT2D eigenvalue weighted by molar-refractivity contribution is -0.885. The van der Waals surface area contributed by atoms with Gasteiger partial charge in [-0.3, -0.25) is 4.79 Å². The molecule has 0 aliphatic rings. The normalized spacial score (nSPS) is 11.8. The van der Waals surface area contributed by atoms with E-state index in [1.54, 1.807) is 24.3 Å². The SMILES string of the molecule is COC(=O)c1ccc(CNC(=O)C[NH+](C)Cc2ccc(Cl)s2)cc1. The molecule has 0 saturated heterocycles. The summed E-state index contributed by atoms with van der Waals surface area (Å²) in [6.07, 6.45) is 0. The minimum Gasteiger partial charge on any atom is -0.465 e. The van der Waals surface area contributed by atoms with Crippen molar-refractivity contribution in [3.8, 4) is 0 Å². The highest BCUT2D eigenvalue weighted by Gasteiger charge is 2.12. The summed E-state index contributed by atoms with van der Waals surface area (Å²) in [5.74, 6) is -0.392. The average molecular weight is 368 g/mol. The van der Waals surface area contributed by atoms with Crippen LogP contribution in [0, 0.1) is 0 Å². The summed E-state index contributed by atoms with van der Waals surface area (Å²) >= 11 is 7.44. The first kappa shape index (κ1) is 18.4. The van der Waals surface area contributed by atoms with Crippen LogP contribution in [0.15, 0.2) is 36.4 Å². The van der Waals surface area contributed by atoms with Gasteiger partial charge in [0.1, 0.15) is 6.54 Å². The summed E-state index contributed by atoms with van der Waals surface area (Å²) < 4.78 is 5.41. The number of halogens is 1. The molecule has 7 heteroatoms. The van der Waals surface area contributed by atoms with E-state index in [-0.39, 0.29) is 11.9 Å². The first-order chi connectivity index (χ1) is 11.5. The Morgan fingerprint density at radius 2 is 1.92 bits per heavy atom. The van der Waals surface area contributed by atoms with Gasteiger partial charge in [0.2, 0.25) is 0 Å². The maximum atomic E-state index is 12.0. The molecule has 1 amide bonds. The smallest absolute Gasteiger partial charge is 0.337 e. The fourth-order valence-electron chi connectivity index (χ4n) is 2.22. The van der Waals surface area contributed by atoms with Gasteiger partial charge < -0.3 is 15.0 Å². The topological polar surface area (TPSA) is 59.8 Å². The highest BCUT2D eigenvalue weighted by molar-refractivity contribution is 7.16. The lowest BCUT2D eigenvalue weighted by atomic mass is 10.1. The maximum absolute atomic E-state index is 12.0. The summed E-state index contributed by atoms with van der Waals surface area (Å²) in [4.78, 5) is 25.6. The van der Waals surface area contributed by atoms with Crippen LogP contribution in [0.5, 0.6) is 0 Å². The molecular weight excluding hydrogens is 348 g/mol. The van der Waals surface area contributed by atoms with Crippen LogP contribution < -0.4 is 10.2 Å². The summed E-state index contributed by atoms with van der Waals surface area (Å²) in [6.45, 7) is 1.58. The number of nitrogens with one attached hydrogen (secondary N) is 2. The molecule has 1 atom stereocenters. The van der Waals surface area contributed by atoms with Gasteiger partial charge in [-0.25, -0.2) is 4.79 Å². The number of carbonyl (C=O) groups excluding carboxylic acids is 2. The number of esters is 1. The molecule has 0 bridgehead atoms. The Bertz CT molecular complexity index is 700. The van der Waals surface area contributed by atoms with Crippen molar-refractivity contribution in [2.45, 2.75) is 13.1 Å². The number of carbonyl (C=O) groups is 2. The van der Waals surface area contributed by atoms with Crippen molar-refractivity contribution in [2.75, 3.05) is 20.7 Å². The fraction of sp³-hybridized carbons (Fsp3) is 0.294. The van der Waals surface area contributed by atoms with Crippen LogP contribution in [-0.2, 0) is 22.6 Å². The van der Waals surface area contributed by atoms with E-state index in [0.717, 1.165) is 26.2 Å². The number of thiophene rings is 1. The Morgan fingerprint density at radius 1 is 1.21 bits per heavy atom. The zero-order chi connectivity index (χ0) is 17.5. The molecule has 24 heavy (non-hydrogen) atoms. The molecule has 0 fully saturated rings. The van der Waals surface area contributed by atoms with E-state index in [0.29, 0.717) is 18.7 Å². The highest BCUT2D eigenvalue weighted by atomic mass is 35.5. The zero-order valence-corrected chi connectivity index (χ0v) is 15.2. The first-order valence-corrected chi connectivity index (χ1v) is 8.67. The number of likely N-dealkylation sites (N-methyl/N-ethyl adjacent to an activating group) is 1. The number of hydrogen-bond donors (Lipinski definition) is 2. The minimum absolute atomic E-state index is 0.0211. The van der Waals surface area contributed by atoms with Gasteiger partial charge in [-0.15, -0.1) is 11.3 Å². The number of methoxy groups -OCH3 is 1. The summed E-state index contributed by atoms with van der Waals surface area (Å²) in [7, 11) is 3.32. The van der Waals surface area contributed by atoms with Crippen molar-refractivity contribution in [3.63, 3.8) is 0 Å². The fourth-order valence-corrected chi connectivity index (χ4v) is 3.42. The van der Waals surface area contributed by atoms with E-state index in [2.05, 4.69) is 10.1 Å². The van der Waals surface area contributed by atoms with Gasteiger partial charge in [0.05, 0.1) is 28.9 Å². The summed E-state index contributed by atoms with van der Waals surface area (Å²) in [5, 5.41) is 2.88. The highest BCUT2D eigenvalue weighted by Crippen LogP contribution is 2.20. The number of amides is 1. The van der Waals surface area contributed by atoms with Gasteiger partial charge >= 0.3 is 5.97 Å². The number of rotatable bonds is 7. The lowest BCUT2D eigenvalue weighted by Gasteiger charge is -2.13. The number of quaternary nitrogens is 1. The van der Waals surface area contributed by atoms with Gasteiger partial charge in [0.25, 0.3) is 5.91 Å². The van der Waals surface area contributed by atoms with E-state index in [1.165, 1.54) is 18.4 Å². The molecule has 1 unspecified atom stereocenters. The van der Waals surface area contributed by atoms with Crippen molar-refractivity contribution in [3.05, 3.63) is 56.7 Å². The zero-order valence-electron chi connectivity index (χ0n) is 13.6. The van der Waals surface area contributed by atoms with Crippen LogP contribution in [0.1, 0.15) is 20.8 Å². The predicted molar refractivity (Wildman–Crippen MR) is 94.4 cm³/mol. The molecule has 0 saturated carbocycles. The van der Waals surface area contributed by atoms with Gasteiger partial charge in [-0.2, -0.15) is 0 Å². The predicted octanol–water partition coefficient (Wildman–Crippen LogP) is 1.52. The Balaban J connectivity index is 1.77. The molecule has 0 radical (unpaired) electrons. The van der Waals surface area contributed by atoms with Gasteiger partial charge in [-0.1, -0.05) is 23.7 Å². The molecule has 0 spiro atoms. The molecule has 2 rings (SSSR count). The van der Waals surface area contributed by atoms with Crippen molar-refractivity contribution in [2.24, 2.45) is 0 Å². The Hall–Kier alpha value is -1.89. The van der Waals surface area contributed by atoms with Gasteiger partial charge in [-0.05, 0) is 29.8 Å². The van der Waals surface area contributed by atoms with Crippen LogP contribution >= 0.6 is 22.9 Å². The van der Waals surface area contributed by atoms with Crippen molar-refractivity contribution >= 4 is 34.8 Å². The van der Waals surface area contributed by atoms with E-state index in [9.17, 15) is 9.59 Å². The van der Waals surface area contributed by atoms with Crippen LogP contribution in [0.25, 0.3) is 0 Å². The van der Waals surface area contributed by atoms with E-state index in [1.807, 2.05) is 19.2 Å². The molecule has 0 aliphatic carbocycles. The molecule has 0 aliphatic heterocycles. The summed E-state index contributed by atoms with van der Waals surface area (Å²) in [6, 6.07) is 10.8. The Morgan fingerprint density at radius 3 is 2.50 bits per heavy atom. The van der Waals surface area contributed by atoms with Crippen LogP contribution in [0.4, 0.5) is 0 Å². The van der Waals surface area contributed by atoms with E-state index >= 15 is 0 Å². The largest absolute Gasteiger partial charge is 0.465 e. The third-order valence-electron chi connectivity index (χ3n) is 3.43. The average Bonchev–Trinajstić information content (AvgIpc) is 2.97. The van der Waals surface area contributed by atoms with E-state index in [4.69, 9.17) is 11.6 Å². The molecule has 5 nitrogen and oxygen atoms in total. The number of benzene rings is 1. The van der Waals surface area contributed by atoms with Crippen molar-refractivity contribution < 1.29 is 19.2 Å². The van der Waals surface area contributed by atoms with Crippen molar-refractivity contribution in [1.82, 2.24) is 5.32 Å². The molecule has 2 N–H and O–H groups in total. The first-order valence-electron chi connectivity index (χ1n) is 7.47. The quantitative estimate of drug-likeness (QED) is 0.729. The Labute approximate surface area is 150 Å². The second-order valence-electron chi connectivity index (χ2n) is 5.48. The molecule has 1 aromatic heterocycles. The third kappa shape index (κ3) is 5.63. The number of ether oxygens (including phenoxy) is 1. The molecule has 1 aromatic carbocycles. The molecule has 2 aromatic rings. The van der Waals surface area contributed by atoms with Crippen LogP contribution in [-0.4, -0.2) is 32.6 Å².